The monoisotopic (exact) mass is 381 g/mol. The first-order chi connectivity index (χ1) is 13.3. The minimum absolute atomic E-state index is 0.0898. The number of ketones is 1. The molecule has 0 fully saturated rings. The summed E-state index contributed by atoms with van der Waals surface area (Å²) < 4.78 is 19.0. The third-order valence-corrected chi connectivity index (χ3v) is 4.01. The van der Waals surface area contributed by atoms with Gasteiger partial charge in [-0.15, -0.1) is 0 Å². The average molecular weight is 381 g/mol. The Morgan fingerprint density at radius 2 is 1.68 bits per heavy atom. The molecule has 142 valence electrons. The van der Waals surface area contributed by atoms with Crippen LogP contribution in [0.2, 0.25) is 0 Å². The number of hydrogen-bond acceptors (Lipinski definition) is 5. The number of Topliss-reactive ketones (excluding diaryl/α,β-unsaturated/α-hetero) is 1. The number of ether oxygens (including phenoxy) is 1. The number of hydrogen-bond donors (Lipinski definition) is 2. The van der Waals surface area contributed by atoms with Crippen LogP contribution < -0.4 is 5.32 Å². The highest BCUT2D eigenvalue weighted by Crippen LogP contribution is 2.25. The minimum Gasteiger partial charge on any atom is -0.507 e. The maximum absolute atomic E-state index is 14.1. The smallest absolute Gasteiger partial charge is 0.342 e. The molecule has 0 aromatic heterocycles. The fourth-order valence-electron chi connectivity index (χ4n) is 2.70. The molecule has 0 saturated heterocycles. The van der Waals surface area contributed by atoms with Gasteiger partial charge in [0.25, 0.3) is 0 Å². The van der Waals surface area contributed by atoms with E-state index in [1.54, 1.807) is 24.3 Å². The van der Waals surface area contributed by atoms with E-state index in [0.29, 0.717) is 0 Å². The van der Waals surface area contributed by atoms with E-state index < -0.39 is 24.2 Å². The van der Waals surface area contributed by atoms with Gasteiger partial charge in [0.15, 0.2) is 6.61 Å². The van der Waals surface area contributed by atoms with Gasteiger partial charge in [0.1, 0.15) is 17.1 Å². The molecular formula is C21H16FNO5. The van der Waals surface area contributed by atoms with Crippen molar-refractivity contribution in [3.8, 4) is 5.75 Å². The molecule has 7 heteroatoms. The Morgan fingerprint density at radius 1 is 1.00 bits per heavy atom. The molecule has 2 N–H and O–H groups in total. The van der Waals surface area contributed by atoms with Crippen LogP contribution in [-0.2, 0) is 9.53 Å². The Labute approximate surface area is 159 Å². The van der Waals surface area contributed by atoms with Crippen molar-refractivity contribution in [2.24, 2.45) is 0 Å². The number of nitrogens with one attached hydrogen (secondary N) is 1. The summed E-state index contributed by atoms with van der Waals surface area (Å²) >= 11 is 0. The SMILES string of the molecule is CC(=O)Nc1ccc(C(=O)COC(=O)c2cc3ccccc3cc2O)c(F)c1. The average Bonchev–Trinajstić information content (AvgIpc) is 2.65. The second kappa shape index (κ2) is 7.87. The van der Waals surface area contributed by atoms with Crippen molar-refractivity contribution in [2.45, 2.75) is 6.92 Å². The predicted octanol–water partition coefficient (Wildman–Crippen LogP) is 3.68. The molecule has 0 aliphatic heterocycles. The second-order valence-corrected chi connectivity index (χ2v) is 6.09. The topological polar surface area (TPSA) is 92.7 Å². The maximum Gasteiger partial charge on any atom is 0.342 e. The molecule has 0 atom stereocenters. The van der Waals surface area contributed by atoms with Crippen molar-refractivity contribution in [2.75, 3.05) is 11.9 Å². The van der Waals surface area contributed by atoms with Gasteiger partial charge in [-0.3, -0.25) is 9.59 Å². The lowest BCUT2D eigenvalue weighted by Gasteiger charge is -2.09. The number of phenols is 1. The third-order valence-electron chi connectivity index (χ3n) is 4.01. The molecule has 0 spiro atoms. The highest BCUT2D eigenvalue weighted by molar-refractivity contribution is 6.02. The van der Waals surface area contributed by atoms with Crippen LogP contribution in [0, 0.1) is 5.82 Å². The number of phenolic OH excluding ortho intramolecular Hbond substituents is 1. The van der Waals surface area contributed by atoms with Gasteiger partial charge in [0.2, 0.25) is 11.7 Å². The van der Waals surface area contributed by atoms with E-state index >= 15 is 0 Å². The zero-order valence-corrected chi connectivity index (χ0v) is 14.9. The molecule has 0 saturated carbocycles. The molecule has 28 heavy (non-hydrogen) atoms. The van der Waals surface area contributed by atoms with Crippen LogP contribution in [0.3, 0.4) is 0 Å². The Kier molecular flexibility index (Phi) is 5.35. The third kappa shape index (κ3) is 4.15. The lowest BCUT2D eigenvalue weighted by atomic mass is 10.1. The summed E-state index contributed by atoms with van der Waals surface area (Å²) in [6.07, 6.45) is 0. The van der Waals surface area contributed by atoms with Gasteiger partial charge < -0.3 is 15.2 Å². The van der Waals surface area contributed by atoms with Crippen LogP contribution in [0.4, 0.5) is 10.1 Å². The standard InChI is InChI=1S/C21H16FNO5/c1-12(24)23-15-6-7-16(18(22)10-15)20(26)11-28-21(27)17-8-13-4-2-3-5-14(13)9-19(17)25/h2-10,25H,11H2,1H3,(H,23,24). The molecule has 0 aliphatic rings. The number of rotatable bonds is 5. The van der Waals surface area contributed by atoms with Gasteiger partial charge in [-0.1, -0.05) is 24.3 Å². The summed E-state index contributed by atoms with van der Waals surface area (Å²) in [6.45, 7) is 0.583. The van der Waals surface area contributed by atoms with Gasteiger partial charge in [-0.05, 0) is 41.1 Å². The second-order valence-electron chi connectivity index (χ2n) is 6.09. The van der Waals surface area contributed by atoms with Crippen molar-refractivity contribution in [1.29, 1.82) is 0 Å². The number of carbonyl (C=O) groups is 3. The van der Waals surface area contributed by atoms with E-state index in [2.05, 4.69) is 5.32 Å². The first kappa shape index (κ1) is 19.0. The molecule has 0 unspecified atom stereocenters. The van der Waals surface area contributed by atoms with Crippen molar-refractivity contribution in [1.82, 2.24) is 0 Å². The zero-order valence-electron chi connectivity index (χ0n) is 14.9. The van der Waals surface area contributed by atoms with Crippen LogP contribution in [0.25, 0.3) is 10.8 Å². The molecule has 6 nitrogen and oxygen atoms in total. The fraction of sp³-hybridized carbons (Fsp3) is 0.0952. The summed E-state index contributed by atoms with van der Waals surface area (Å²) in [5.74, 6) is -3.14. The Morgan fingerprint density at radius 3 is 2.32 bits per heavy atom. The van der Waals surface area contributed by atoms with Crippen LogP contribution in [-0.4, -0.2) is 29.4 Å². The Balaban J connectivity index is 1.71. The molecule has 1 amide bonds. The summed E-state index contributed by atoms with van der Waals surface area (Å²) in [5, 5.41) is 13.9. The first-order valence-electron chi connectivity index (χ1n) is 8.34. The number of halogens is 1. The van der Waals surface area contributed by atoms with Gasteiger partial charge in [-0.2, -0.15) is 0 Å². The minimum atomic E-state index is -0.896. The molecule has 3 aromatic rings. The number of fused-ring (bicyclic) bond motifs is 1. The van der Waals surface area contributed by atoms with Crippen LogP contribution >= 0.6 is 0 Å². The van der Waals surface area contributed by atoms with E-state index in [-0.39, 0.29) is 28.5 Å². The summed E-state index contributed by atoms with van der Waals surface area (Å²) in [6, 6.07) is 13.6. The lowest BCUT2D eigenvalue weighted by Crippen LogP contribution is -2.16. The number of carbonyl (C=O) groups excluding carboxylic acids is 3. The predicted molar refractivity (Wildman–Crippen MR) is 101 cm³/mol. The van der Waals surface area contributed by atoms with E-state index in [4.69, 9.17) is 4.74 Å². The zero-order chi connectivity index (χ0) is 20.3. The number of aromatic hydroxyl groups is 1. The summed E-state index contributed by atoms with van der Waals surface area (Å²) in [7, 11) is 0. The lowest BCUT2D eigenvalue weighted by molar-refractivity contribution is -0.114. The van der Waals surface area contributed by atoms with E-state index in [1.807, 2.05) is 0 Å². The number of anilines is 1. The van der Waals surface area contributed by atoms with Gasteiger partial charge >= 0.3 is 5.97 Å². The van der Waals surface area contributed by atoms with Crippen LogP contribution in [0.5, 0.6) is 5.75 Å². The van der Waals surface area contributed by atoms with Gasteiger partial charge in [0, 0.05) is 12.6 Å². The van der Waals surface area contributed by atoms with Crippen molar-refractivity contribution < 1.29 is 28.6 Å². The molecule has 0 radical (unpaired) electrons. The molecule has 3 aromatic carbocycles. The molecule has 3 rings (SSSR count). The molecular weight excluding hydrogens is 365 g/mol. The van der Waals surface area contributed by atoms with E-state index in [0.717, 1.165) is 16.8 Å². The van der Waals surface area contributed by atoms with Crippen LogP contribution in [0.1, 0.15) is 27.6 Å². The fourth-order valence-corrected chi connectivity index (χ4v) is 2.70. The molecule has 0 heterocycles. The van der Waals surface area contributed by atoms with Crippen molar-refractivity contribution in [3.63, 3.8) is 0 Å². The van der Waals surface area contributed by atoms with Gasteiger partial charge in [-0.25, -0.2) is 9.18 Å². The summed E-state index contributed by atoms with van der Waals surface area (Å²) in [5.41, 5.74) is -0.155. The summed E-state index contributed by atoms with van der Waals surface area (Å²) in [4.78, 5) is 35.4. The van der Waals surface area contributed by atoms with E-state index in [9.17, 15) is 23.9 Å². The maximum atomic E-state index is 14.1. The Hall–Kier alpha value is -3.74. The normalized spacial score (nSPS) is 10.5. The number of amides is 1. The largest absolute Gasteiger partial charge is 0.507 e. The van der Waals surface area contributed by atoms with Gasteiger partial charge in [0.05, 0.1) is 5.56 Å². The highest BCUT2D eigenvalue weighted by Gasteiger charge is 2.18. The highest BCUT2D eigenvalue weighted by atomic mass is 19.1. The number of benzene rings is 3. The molecule has 0 aliphatic carbocycles. The molecule has 0 bridgehead atoms. The van der Waals surface area contributed by atoms with Crippen molar-refractivity contribution >= 4 is 34.1 Å². The van der Waals surface area contributed by atoms with Crippen molar-refractivity contribution in [3.05, 3.63) is 71.5 Å². The first-order valence-corrected chi connectivity index (χ1v) is 8.34. The Bertz CT molecular complexity index is 1090. The quantitative estimate of drug-likeness (QED) is 0.519. The van der Waals surface area contributed by atoms with E-state index in [1.165, 1.54) is 31.2 Å². The number of esters is 1. The van der Waals surface area contributed by atoms with Crippen LogP contribution in [0.15, 0.2) is 54.6 Å².